The highest BCUT2D eigenvalue weighted by Gasteiger charge is 2.35. The number of aromatic nitrogens is 6. The number of halogens is 3. The molecule has 0 saturated carbocycles. The minimum Gasteiger partial charge on any atom is -0.345 e. The molecule has 3 aromatic heterocycles. The number of nitrogens with zero attached hydrogens (tertiary/aromatic N) is 6. The van der Waals surface area contributed by atoms with Crippen LogP contribution in [0.15, 0.2) is 18.5 Å². The number of aryl methyl sites for hydroxylation is 1. The van der Waals surface area contributed by atoms with Crippen molar-refractivity contribution in [3.8, 4) is 11.4 Å². The van der Waals surface area contributed by atoms with E-state index in [1.807, 2.05) is 0 Å². The van der Waals surface area contributed by atoms with Gasteiger partial charge in [0.25, 0.3) is 5.78 Å². The Balaban J connectivity index is 1.89. The Bertz CT molecular complexity index is 897. The van der Waals surface area contributed by atoms with Crippen LogP contribution in [0.2, 0.25) is 0 Å². The summed E-state index contributed by atoms with van der Waals surface area (Å²) in [5, 5.41) is 7.54. The molecule has 0 spiro atoms. The summed E-state index contributed by atoms with van der Waals surface area (Å²) in [6.45, 7) is 0.840. The van der Waals surface area contributed by atoms with Crippen molar-refractivity contribution in [3.05, 3.63) is 29.8 Å². The predicted octanol–water partition coefficient (Wildman–Crippen LogP) is 1.59. The van der Waals surface area contributed by atoms with Gasteiger partial charge in [-0.3, -0.25) is 4.68 Å². The van der Waals surface area contributed by atoms with Crippen LogP contribution in [0.5, 0.6) is 0 Å². The molecule has 24 heavy (non-hydrogen) atoms. The lowest BCUT2D eigenvalue weighted by molar-refractivity contribution is -0.141. The fourth-order valence-electron chi connectivity index (χ4n) is 2.51. The molecule has 0 aliphatic carbocycles. The van der Waals surface area contributed by atoms with Crippen LogP contribution >= 0.6 is 0 Å². The number of ether oxygens (including phenoxy) is 2. The molecule has 1 fully saturated rings. The van der Waals surface area contributed by atoms with Crippen LogP contribution in [0.1, 0.15) is 17.7 Å². The fourth-order valence-corrected chi connectivity index (χ4v) is 2.51. The standard InChI is InChI=1S/C13H11F3N6O2/c1-21-8(5-10(20-21)13(14,15)16)9-4-7(11-23-2-3-24-11)19-12-17-6-18-22(9)12/h4-6,11H,2-3H2,1H3. The second kappa shape index (κ2) is 5.24. The zero-order valence-electron chi connectivity index (χ0n) is 12.4. The van der Waals surface area contributed by atoms with Crippen LogP contribution < -0.4 is 0 Å². The summed E-state index contributed by atoms with van der Waals surface area (Å²) in [4.78, 5) is 8.28. The van der Waals surface area contributed by atoms with Crippen molar-refractivity contribution in [2.45, 2.75) is 12.5 Å². The molecule has 0 aromatic carbocycles. The molecule has 0 atom stereocenters. The first-order valence-electron chi connectivity index (χ1n) is 6.99. The van der Waals surface area contributed by atoms with Crippen LogP contribution in [0.4, 0.5) is 13.2 Å². The Morgan fingerprint density at radius 3 is 2.58 bits per heavy atom. The second-order valence-electron chi connectivity index (χ2n) is 5.15. The molecular formula is C13H11F3N6O2. The summed E-state index contributed by atoms with van der Waals surface area (Å²) < 4.78 is 52.0. The van der Waals surface area contributed by atoms with Gasteiger partial charge in [0.15, 0.2) is 5.69 Å². The molecule has 4 heterocycles. The quantitative estimate of drug-likeness (QED) is 0.705. The molecule has 3 aromatic rings. The van der Waals surface area contributed by atoms with E-state index in [0.717, 1.165) is 10.7 Å². The number of alkyl halides is 3. The highest BCUT2D eigenvalue weighted by atomic mass is 19.4. The van der Waals surface area contributed by atoms with Crippen LogP contribution in [-0.2, 0) is 22.7 Å². The van der Waals surface area contributed by atoms with Crippen molar-refractivity contribution in [3.63, 3.8) is 0 Å². The van der Waals surface area contributed by atoms with Crippen molar-refractivity contribution in [2.75, 3.05) is 13.2 Å². The van der Waals surface area contributed by atoms with Crippen LogP contribution in [0, 0.1) is 0 Å². The molecule has 1 aliphatic heterocycles. The average Bonchev–Trinajstić information content (AvgIpc) is 3.25. The maximum atomic E-state index is 12.9. The molecule has 126 valence electrons. The lowest BCUT2D eigenvalue weighted by atomic mass is 10.2. The third-order valence-electron chi connectivity index (χ3n) is 3.57. The van der Waals surface area contributed by atoms with Gasteiger partial charge in [-0.2, -0.15) is 32.9 Å². The predicted molar refractivity (Wildman–Crippen MR) is 72.6 cm³/mol. The molecule has 11 heteroatoms. The second-order valence-corrected chi connectivity index (χ2v) is 5.15. The molecule has 0 unspecified atom stereocenters. The minimum absolute atomic E-state index is 0.222. The smallest absolute Gasteiger partial charge is 0.345 e. The number of hydrogen-bond donors (Lipinski definition) is 0. The Labute approximate surface area is 132 Å². The number of rotatable bonds is 2. The van der Waals surface area contributed by atoms with Crippen molar-refractivity contribution in [1.29, 1.82) is 0 Å². The third-order valence-corrected chi connectivity index (χ3v) is 3.57. The van der Waals surface area contributed by atoms with E-state index in [-0.39, 0.29) is 11.5 Å². The van der Waals surface area contributed by atoms with Gasteiger partial charge in [-0.25, -0.2) is 4.98 Å². The molecule has 8 nitrogen and oxygen atoms in total. The van der Waals surface area contributed by atoms with Crippen molar-refractivity contribution < 1.29 is 22.6 Å². The Kier molecular flexibility index (Phi) is 3.28. The molecule has 1 saturated heterocycles. The van der Waals surface area contributed by atoms with Gasteiger partial charge in [0, 0.05) is 7.05 Å². The largest absolute Gasteiger partial charge is 0.435 e. The lowest BCUT2D eigenvalue weighted by Gasteiger charge is -2.11. The Hall–Kier alpha value is -2.53. The fraction of sp³-hybridized carbons (Fsp3) is 0.385. The van der Waals surface area contributed by atoms with E-state index in [1.165, 1.54) is 17.9 Å². The zero-order chi connectivity index (χ0) is 16.9. The monoisotopic (exact) mass is 340 g/mol. The summed E-state index contributed by atoms with van der Waals surface area (Å²) >= 11 is 0. The van der Waals surface area contributed by atoms with Gasteiger partial charge in [-0.05, 0) is 12.1 Å². The maximum absolute atomic E-state index is 12.9. The highest BCUT2D eigenvalue weighted by Crippen LogP contribution is 2.32. The zero-order valence-corrected chi connectivity index (χ0v) is 12.4. The molecule has 0 amide bonds. The van der Waals surface area contributed by atoms with E-state index < -0.39 is 18.2 Å². The summed E-state index contributed by atoms with van der Waals surface area (Å²) in [7, 11) is 1.43. The van der Waals surface area contributed by atoms with Crippen LogP contribution in [-0.4, -0.2) is 42.6 Å². The van der Waals surface area contributed by atoms with Gasteiger partial charge in [-0.15, -0.1) is 0 Å². The van der Waals surface area contributed by atoms with E-state index in [9.17, 15) is 13.2 Å². The Morgan fingerprint density at radius 1 is 1.17 bits per heavy atom. The van der Waals surface area contributed by atoms with Crippen LogP contribution in [0.3, 0.4) is 0 Å². The topological polar surface area (TPSA) is 79.4 Å². The van der Waals surface area contributed by atoms with E-state index in [1.54, 1.807) is 6.07 Å². The summed E-state index contributed by atoms with van der Waals surface area (Å²) in [6.07, 6.45) is -3.95. The van der Waals surface area contributed by atoms with Gasteiger partial charge >= 0.3 is 6.18 Å². The van der Waals surface area contributed by atoms with Crippen LogP contribution in [0.25, 0.3) is 17.2 Å². The van der Waals surface area contributed by atoms with E-state index in [4.69, 9.17) is 9.47 Å². The van der Waals surface area contributed by atoms with Gasteiger partial charge in [0.05, 0.1) is 24.6 Å². The first kappa shape index (κ1) is 15.0. The van der Waals surface area contributed by atoms with E-state index in [0.29, 0.717) is 24.6 Å². The molecule has 0 bridgehead atoms. The summed E-state index contributed by atoms with van der Waals surface area (Å²) in [5.41, 5.74) is 0.00863. The molecular weight excluding hydrogens is 329 g/mol. The van der Waals surface area contributed by atoms with E-state index >= 15 is 0 Å². The maximum Gasteiger partial charge on any atom is 0.435 e. The molecule has 4 rings (SSSR count). The molecule has 1 aliphatic rings. The van der Waals surface area contributed by atoms with Crippen molar-refractivity contribution >= 4 is 5.78 Å². The van der Waals surface area contributed by atoms with Gasteiger partial charge in [-0.1, -0.05) is 0 Å². The van der Waals surface area contributed by atoms with E-state index in [2.05, 4.69) is 20.2 Å². The van der Waals surface area contributed by atoms with Gasteiger partial charge in [0.2, 0.25) is 6.29 Å². The lowest BCUT2D eigenvalue weighted by Crippen LogP contribution is -2.08. The normalized spacial score (nSPS) is 16.3. The summed E-state index contributed by atoms with van der Waals surface area (Å²) in [5.74, 6) is 0.233. The minimum atomic E-state index is -4.54. The van der Waals surface area contributed by atoms with Crippen molar-refractivity contribution in [1.82, 2.24) is 29.4 Å². The van der Waals surface area contributed by atoms with Crippen molar-refractivity contribution in [2.24, 2.45) is 7.05 Å². The highest BCUT2D eigenvalue weighted by molar-refractivity contribution is 5.59. The Morgan fingerprint density at radius 2 is 1.92 bits per heavy atom. The van der Waals surface area contributed by atoms with Gasteiger partial charge < -0.3 is 9.47 Å². The molecule has 0 N–H and O–H groups in total. The van der Waals surface area contributed by atoms with Gasteiger partial charge in [0.1, 0.15) is 12.0 Å². The summed E-state index contributed by atoms with van der Waals surface area (Å²) in [6, 6.07) is 2.52. The molecule has 0 radical (unpaired) electrons. The first-order chi connectivity index (χ1) is 11.4. The SMILES string of the molecule is Cn1nc(C(F)(F)F)cc1-c1cc(C2OCCO2)nc2ncnn12. The first-order valence-corrected chi connectivity index (χ1v) is 6.99. The average molecular weight is 340 g/mol. The third kappa shape index (κ3) is 2.41. The number of hydrogen-bond acceptors (Lipinski definition) is 6. The number of fused-ring (bicyclic) bond motifs is 1.